The first kappa shape index (κ1) is 24.1. The van der Waals surface area contributed by atoms with Crippen LogP contribution in [0.2, 0.25) is 0 Å². The zero-order chi connectivity index (χ0) is 24.9. The smallest absolute Gasteiger partial charge is 0.254 e. The van der Waals surface area contributed by atoms with E-state index in [0.717, 1.165) is 28.5 Å². The number of nitrogens with zero attached hydrogens (tertiary/aromatic N) is 2. The number of benzene rings is 3. The third-order valence-corrected chi connectivity index (χ3v) is 6.10. The number of methoxy groups -OCH3 is 3. The normalized spacial score (nSPS) is 10.8. The molecule has 0 aliphatic carbocycles. The number of para-hydroxylation sites is 1. The summed E-state index contributed by atoms with van der Waals surface area (Å²) in [5, 5.41) is 0.807. The van der Waals surface area contributed by atoms with Gasteiger partial charge in [0.1, 0.15) is 0 Å². The maximum absolute atomic E-state index is 13.6. The van der Waals surface area contributed by atoms with Crippen molar-refractivity contribution in [2.75, 3.05) is 28.4 Å². The van der Waals surface area contributed by atoms with Crippen LogP contribution in [0.4, 0.5) is 0 Å². The van der Waals surface area contributed by atoms with Crippen LogP contribution in [0, 0.1) is 0 Å². The highest BCUT2D eigenvalue weighted by atomic mass is 16.5. The molecule has 6 heteroatoms. The van der Waals surface area contributed by atoms with Crippen molar-refractivity contribution in [2.24, 2.45) is 0 Å². The lowest BCUT2D eigenvalue weighted by Gasteiger charge is -2.20. The van der Waals surface area contributed by atoms with Crippen LogP contribution in [0.3, 0.4) is 0 Å². The van der Waals surface area contributed by atoms with E-state index in [-0.39, 0.29) is 5.91 Å². The van der Waals surface area contributed by atoms with Gasteiger partial charge in [-0.3, -0.25) is 4.79 Å². The highest BCUT2D eigenvalue weighted by Gasteiger charge is 2.20. The Hall–Kier alpha value is -4.06. The first-order valence-electron chi connectivity index (χ1n) is 11.5. The number of pyridine rings is 1. The van der Waals surface area contributed by atoms with Crippen LogP contribution in [-0.2, 0) is 13.0 Å². The second-order valence-electron chi connectivity index (χ2n) is 8.32. The van der Waals surface area contributed by atoms with Gasteiger partial charge in [-0.15, -0.1) is 0 Å². The molecule has 4 rings (SSSR count). The van der Waals surface area contributed by atoms with E-state index in [2.05, 4.69) is 31.2 Å². The summed E-state index contributed by atoms with van der Waals surface area (Å²) in [6.07, 6.45) is 0.988. The first-order valence-corrected chi connectivity index (χ1v) is 11.5. The minimum atomic E-state index is -0.0724. The molecule has 0 N–H and O–H groups in total. The molecule has 0 spiro atoms. The molecule has 0 atom stereocenters. The van der Waals surface area contributed by atoms with Crippen molar-refractivity contribution in [3.63, 3.8) is 0 Å². The number of hydrogen-bond acceptors (Lipinski definition) is 5. The summed E-state index contributed by atoms with van der Waals surface area (Å²) >= 11 is 0. The molecule has 1 amide bonds. The Labute approximate surface area is 206 Å². The molecule has 1 heterocycles. The van der Waals surface area contributed by atoms with Crippen LogP contribution < -0.4 is 14.2 Å². The van der Waals surface area contributed by atoms with E-state index in [1.54, 1.807) is 26.2 Å². The fraction of sp³-hybridized carbons (Fsp3) is 0.241. The molecule has 0 fully saturated rings. The van der Waals surface area contributed by atoms with E-state index in [9.17, 15) is 4.79 Å². The molecule has 0 radical (unpaired) electrons. The predicted molar refractivity (Wildman–Crippen MR) is 138 cm³/mol. The Bertz CT molecular complexity index is 1320. The quantitative estimate of drug-likeness (QED) is 0.328. The SMILES string of the molecule is CCc1ccc(CN(C)C(=O)c2cc(-c3cc(OC)c(OC)c(OC)c3)nc3ccccc23)cc1. The average molecular weight is 471 g/mol. The summed E-state index contributed by atoms with van der Waals surface area (Å²) in [7, 11) is 6.54. The number of hydrogen-bond donors (Lipinski definition) is 0. The minimum absolute atomic E-state index is 0.0724. The van der Waals surface area contributed by atoms with E-state index in [0.29, 0.717) is 35.1 Å². The Morgan fingerprint density at radius 1 is 0.857 bits per heavy atom. The van der Waals surface area contributed by atoms with Crippen molar-refractivity contribution in [1.29, 1.82) is 0 Å². The summed E-state index contributed by atoms with van der Waals surface area (Å²) in [4.78, 5) is 20.2. The average Bonchev–Trinajstić information content (AvgIpc) is 2.91. The third kappa shape index (κ3) is 4.92. The number of carbonyl (C=O) groups is 1. The zero-order valence-corrected chi connectivity index (χ0v) is 20.8. The number of carbonyl (C=O) groups excluding carboxylic acids is 1. The van der Waals surface area contributed by atoms with Gasteiger partial charge in [0, 0.05) is 24.5 Å². The highest BCUT2D eigenvalue weighted by molar-refractivity contribution is 6.07. The molecule has 0 aliphatic rings. The van der Waals surface area contributed by atoms with Gasteiger partial charge >= 0.3 is 0 Å². The summed E-state index contributed by atoms with van der Waals surface area (Å²) in [5.74, 6) is 1.48. The van der Waals surface area contributed by atoms with Gasteiger partial charge in [0.2, 0.25) is 5.75 Å². The monoisotopic (exact) mass is 470 g/mol. The zero-order valence-electron chi connectivity index (χ0n) is 20.8. The molecule has 0 saturated heterocycles. The summed E-state index contributed by atoms with van der Waals surface area (Å²) < 4.78 is 16.5. The standard InChI is InChI=1S/C29H30N2O4/c1-6-19-11-13-20(14-12-19)18-31(2)29(32)23-17-25(30-24-10-8-7-9-22(23)24)21-15-26(33-3)28(35-5)27(16-21)34-4/h7-17H,6,18H2,1-5H3. The van der Waals surface area contributed by atoms with E-state index < -0.39 is 0 Å². The molecule has 4 aromatic rings. The van der Waals surface area contributed by atoms with Gasteiger partial charge in [-0.1, -0.05) is 49.4 Å². The first-order chi connectivity index (χ1) is 17.0. The number of rotatable bonds is 8. The van der Waals surface area contributed by atoms with Crippen LogP contribution in [0.25, 0.3) is 22.2 Å². The maximum Gasteiger partial charge on any atom is 0.254 e. The van der Waals surface area contributed by atoms with Crippen molar-refractivity contribution < 1.29 is 19.0 Å². The summed E-state index contributed by atoms with van der Waals surface area (Å²) in [6, 6.07) is 21.6. The van der Waals surface area contributed by atoms with E-state index >= 15 is 0 Å². The molecule has 180 valence electrons. The number of amides is 1. The molecule has 0 aliphatic heterocycles. The second kappa shape index (κ2) is 10.5. The largest absolute Gasteiger partial charge is 0.493 e. The second-order valence-corrected chi connectivity index (χ2v) is 8.32. The molecule has 0 unspecified atom stereocenters. The molecule has 35 heavy (non-hydrogen) atoms. The van der Waals surface area contributed by atoms with Crippen molar-refractivity contribution in [3.05, 3.63) is 83.4 Å². The number of aryl methyl sites for hydroxylation is 1. The molecular weight excluding hydrogens is 440 g/mol. The minimum Gasteiger partial charge on any atom is -0.493 e. The molecule has 0 bridgehead atoms. The Morgan fingerprint density at radius 3 is 2.09 bits per heavy atom. The molecule has 3 aromatic carbocycles. The summed E-state index contributed by atoms with van der Waals surface area (Å²) in [6.45, 7) is 2.64. The molecular formula is C29H30N2O4. The molecule has 0 saturated carbocycles. The lowest BCUT2D eigenvalue weighted by Crippen LogP contribution is -2.26. The highest BCUT2D eigenvalue weighted by Crippen LogP contribution is 2.41. The van der Waals surface area contributed by atoms with Crippen molar-refractivity contribution in [3.8, 4) is 28.5 Å². The van der Waals surface area contributed by atoms with Gasteiger partial charge in [0.25, 0.3) is 5.91 Å². The Kier molecular flexibility index (Phi) is 7.20. The van der Waals surface area contributed by atoms with Crippen LogP contribution in [0.1, 0.15) is 28.4 Å². The van der Waals surface area contributed by atoms with Crippen molar-refractivity contribution in [1.82, 2.24) is 9.88 Å². The number of fused-ring (bicyclic) bond motifs is 1. The van der Waals surface area contributed by atoms with Crippen molar-refractivity contribution in [2.45, 2.75) is 19.9 Å². The predicted octanol–water partition coefficient (Wildman–Crippen LogP) is 5.76. The van der Waals surface area contributed by atoms with Gasteiger partial charge in [-0.25, -0.2) is 4.98 Å². The third-order valence-electron chi connectivity index (χ3n) is 6.10. The van der Waals surface area contributed by atoms with Gasteiger partial charge < -0.3 is 19.1 Å². The fourth-order valence-corrected chi connectivity index (χ4v) is 4.16. The topological polar surface area (TPSA) is 60.9 Å². The van der Waals surface area contributed by atoms with Gasteiger partial charge in [0.15, 0.2) is 11.5 Å². The maximum atomic E-state index is 13.6. The molecule has 1 aromatic heterocycles. The summed E-state index contributed by atoms with van der Waals surface area (Å²) in [5.41, 5.74) is 5.10. The van der Waals surface area contributed by atoms with E-state index in [4.69, 9.17) is 19.2 Å². The van der Waals surface area contributed by atoms with Gasteiger partial charge in [0.05, 0.1) is 38.1 Å². The Balaban J connectivity index is 1.77. The number of aromatic nitrogens is 1. The lowest BCUT2D eigenvalue weighted by atomic mass is 10.0. The van der Waals surface area contributed by atoms with Gasteiger partial charge in [-0.05, 0) is 41.8 Å². The molecule has 6 nitrogen and oxygen atoms in total. The van der Waals surface area contributed by atoms with Crippen molar-refractivity contribution >= 4 is 16.8 Å². The fourth-order valence-electron chi connectivity index (χ4n) is 4.16. The van der Waals surface area contributed by atoms with Crippen LogP contribution in [0.15, 0.2) is 66.7 Å². The van der Waals surface area contributed by atoms with Crippen LogP contribution >= 0.6 is 0 Å². The van der Waals surface area contributed by atoms with E-state index in [1.165, 1.54) is 5.56 Å². The number of ether oxygens (including phenoxy) is 3. The lowest BCUT2D eigenvalue weighted by molar-refractivity contribution is 0.0787. The van der Waals surface area contributed by atoms with Crippen LogP contribution in [-0.4, -0.2) is 44.2 Å². The Morgan fingerprint density at radius 2 is 1.49 bits per heavy atom. The van der Waals surface area contributed by atoms with Gasteiger partial charge in [-0.2, -0.15) is 0 Å². The van der Waals surface area contributed by atoms with E-state index in [1.807, 2.05) is 49.5 Å². The van der Waals surface area contributed by atoms with Crippen LogP contribution in [0.5, 0.6) is 17.2 Å².